The van der Waals surface area contributed by atoms with Gasteiger partial charge in [0.15, 0.2) is 5.78 Å². The van der Waals surface area contributed by atoms with E-state index in [-0.39, 0.29) is 17.9 Å². The summed E-state index contributed by atoms with van der Waals surface area (Å²) >= 11 is 0. The van der Waals surface area contributed by atoms with Crippen molar-refractivity contribution in [3.63, 3.8) is 0 Å². The van der Waals surface area contributed by atoms with Crippen LogP contribution in [0.25, 0.3) is 10.9 Å². The Morgan fingerprint density at radius 2 is 2.00 bits per heavy atom. The van der Waals surface area contributed by atoms with Gasteiger partial charge in [0.25, 0.3) is 0 Å². The number of hydrogen-bond acceptors (Lipinski definition) is 2. The molecule has 2 rings (SSSR count). The molecule has 102 valence electrons. The zero-order valence-corrected chi connectivity index (χ0v) is 12.0. The fraction of sp³-hybridized carbons (Fsp3) is 0.438. The molecular weight excluding hydrogens is 238 g/mol. The lowest BCUT2D eigenvalue weighted by Gasteiger charge is -2.14. The number of nitrogens with zero attached hydrogens (tertiary/aromatic N) is 1. The SMILES string of the molecule is CCC(=O)C(C)n1ccc2c(OC(C)C)cccc21. The van der Waals surface area contributed by atoms with Crippen molar-refractivity contribution in [1.29, 1.82) is 0 Å². The molecule has 0 saturated carbocycles. The van der Waals surface area contributed by atoms with Gasteiger partial charge in [-0.1, -0.05) is 13.0 Å². The number of rotatable bonds is 5. The first-order valence-electron chi connectivity index (χ1n) is 6.83. The van der Waals surface area contributed by atoms with Gasteiger partial charge in [0.1, 0.15) is 5.75 Å². The fourth-order valence-corrected chi connectivity index (χ4v) is 2.31. The van der Waals surface area contributed by atoms with Crippen molar-refractivity contribution in [2.45, 2.75) is 46.3 Å². The number of ketones is 1. The number of hydrogen-bond donors (Lipinski definition) is 0. The van der Waals surface area contributed by atoms with Crippen LogP contribution in [0.4, 0.5) is 0 Å². The van der Waals surface area contributed by atoms with Gasteiger partial charge in [0, 0.05) is 18.0 Å². The van der Waals surface area contributed by atoms with E-state index in [1.54, 1.807) is 0 Å². The number of carbonyl (C=O) groups excluding carboxylic acids is 1. The molecule has 1 unspecified atom stereocenters. The van der Waals surface area contributed by atoms with Crippen LogP contribution in [0.5, 0.6) is 5.75 Å². The normalized spacial score (nSPS) is 12.9. The number of aromatic nitrogens is 1. The smallest absolute Gasteiger partial charge is 0.155 e. The van der Waals surface area contributed by atoms with E-state index in [0.717, 1.165) is 16.7 Å². The maximum atomic E-state index is 11.9. The first kappa shape index (κ1) is 13.7. The third-order valence-electron chi connectivity index (χ3n) is 3.32. The van der Waals surface area contributed by atoms with Crippen molar-refractivity contribution in [3.05, 3.63) is 30.5 Å². The van der Waals surface area contributed by atoms with Gasteiger partial charge < -0.3 is 9.30 Å². The minimum absolute atomic E-state index is 0.128. The number of ether oxygens (including phenoxy) is 1. The van der Waals surface area contributed by atoms with Gasteiger partial charge >= 0.3 is 0 Å². The largest absolute Gasteiger partial charge is 0.490 e. The van der Waals surface area contributed by atoms with Crippen molar-refractivity contribution in [1.82, 2.24) is 4.57 Å². The van der Waals surface area contributed by atoms with Gasteiger partial charge in [0.05, 0.1) is 17.7 Å². The maximum Gasteiger partial charge on any atom is 0.155 e. The molecule has 0 saturated heterocycles. The summed E-state index contributed by atoms with van der Waals surface area (Å²) < 4.78 is 7.83. The summed E-state index contributed by atoms with van der Waals surface area (Å²) in [5.74, 6) is 1.12. The van der Waals surface area contributed by atoms with Crippen molar-refractivity contribution < 1.29 is 9.53 Å². The van der Waals surface area contributed by atoms with Crippen molar-refractivity contribution in [2.75, 3.05) is 0 Å². The summed E-state index contributed by atoms with van der Waals surface area (Å²) in [6, 6.07) is 7.87. The fourth-order valence-electron chi connectivity index (χ4n) is 2.31. The van der Waals surface area contributed by atoms with Crippen LogP contribution in [-0.2, 0) is 4.79 Å². The van der Waals surface area contributed by atoms with Crippen LogP contribution >= 0.6 is 0 Å². The topological polar surface area (TPSA) is 31.2 Å². The Bertz CT molecular complexity index is 583. The molecule has 19 heavy (non-hydrogen) atoms. The predicted octanol–water partition coefficient (Wildman–Crippen LogP) is 3.97. The molecule has 0 aliphatic carbocycles. The van der Waals surface area contributed by atoms with E-state index >= 15 is 0 Å². The lowest BCUT2D eigenvalue weighted by molar-refractivity contribution is -0.121. The number of fused-ring (bicyclic) bond motifs is 1. The second-order valence-corrected chi connectivity index (χ2v) is 5.07. The van der Waals surface area contributed by atoms with Gasteiger partial charge in [-0.2, -0.15) is 0 Å². The Hall–Kier alpha value is -1.77. The van der Waals surface area contributed by atoms with Gasteiger partial charge in [-0.25, -0.2) is 0 Å². The molecule has 2 aromatic rings. The number of carbonyl (C=O) groups is 1. The highest BCUT2D eigenvalue weighted by molar-refractivity contribution is 5.89. The number of Topliss-reactive ketones (excluding diaryl/α,β-unsaturated/α-hetero) is 1. The monoisotopic (exact) mass is 259 g/mol. The molecule has 1 heterocycles. The van der Waals surface area contributed by atoms with Crippen molar-refractivity contribution in [2.24, 2.45) is 0 Å². The summed E-state index contributed by atoms with van der Waals surface area (Å²) in [5, 5.41) is 1.06. The zero-order chi connectivity index (χ0) is 14.0. The van der Waals surface area contributed by atoms with Crippen molar-refractivity contribution in [3.8, 4) is 5.75 Å². The first-order chi connectivity index (χ1) is 9.04. The van der Waals surface area contributed by atoms with E-state index in [2.05, 4.69) is 0 Å². The lowest BCUT2D eigenvalue weighted by Crippen LogP contribution is -2.14. The molecule has 3 nitrogen and oxygen atoms in total. The Labute approximate surface area is 114 Å². The molecule has 0 fully saturated rings. The molecule has 0 aliphatic heterocycles. The zero-order valence-electron chi connectivity index (χ0n) is 12.0. The Balaban J connectivity index is 2.46. The third-order valence-corrected chi connectivity index (χ3v) is 3.32. The number of benzene rings is 1. The quantitative estimate of drug-likeness (QED) is 0.813. The Morgan fingerprint density at radius 3 is 2.63 bits per heavy atom. The molecule has 0 aliphatic rings. The van der Waals surface area contributed by atoms with Gasteiger partial charge in [-0.15, -0.1) is 0 Å². The van der Waals surface area contributed by atoms with E-state index in [9.17, 15) is 4.79 Å². The molecule has 0 radical (unpaired) electrons. The summed E-state index contributed by atoms with van der Waals surface area (Å²) in [7, 11) is 0. The average molecular weight is 259 g/mol. The standard InChI is InChI=1S/C16H21NO2/c1-5-15(18)12(4)17-10-9-13-14(17)7-6-8-16(13)19-11(2)3/h6-12H,5H2,1-4H3. The van der Waals surface area contributed by atoms with E-state index in [4.69, 9.17) is 4.74 Å². The summed E-state index contributed by atoms with van der Waals surface area (Å²) in [6.45, 7) is 7.87. The van der Waals surface area contributed by atoms with Crippen LogP contribution in [0.3, 0.4) is 0 Å². The molecule has 1 aromatic heterocycles. The first-order valence-corrected chi connectivity index (χ1v) is 6.83. The van der Waals surface area contributed by atoms with Crippen LogP contribution in [-0.4, -0.2) is 16.5 Å². The van der Waals surface area contributed by atoms with Crippen molar-refractivity contribution >= 4 is 16.7 Å². The van der Waals surface area contributed by atoms with Crippen LogP contribution in [0.1, 0.15) is 40.2 Å². The second kappa shape index (κ2) is 5.47. The minimum Gasteiger partial charge on any atom is -0.490 e. The molecule has 3 heteroatoms. The molecule has 0 amide bonds. The van der Waals surface area contributed by atoms with Gasteiger partial charge in [-0.3, -0.25) is 4.79 Å². The van der Waals surface area contributed by atoms with Gasteiger partial charge in [-0.05, 0) is 39.0 Å². The summed E-state index contributed by atoms with van der Waals surface area (Å²) in [5.41, 5.74) is 1.05. The molecular formula is C16H21NO2. The van der Waals surface area contributed by atoms with E-state index in [0.29, 0.717) is 6.42 Å². The predicted molar refractivity (Wildman–Crippen MR) is 77.7 cm³/mol. The third kappa shape index (κ3) is 2.65. The van der Waals surface area contributed by atoms with Crippen LogP contribution in [0, 0.1) is 0 Å². The maximum absolute atomic E-state index is 11.9. The molecule has 1 atom stereocenters. The van der Waals surface area contributed by atoms with E-state index in [1.165, 1.54) is 0 Å². The molecule has 0 bridgehead atoms. The summed E-state index contributed by atoms with van der Waals surface area (Å²) in [4.78, 5) is 11.9. The van der Waals surface area contributed by atoms with Crippen LogP contribution in [0.2, 0.25) is 0 Å². The highest BCUT2D eigenvalue weighted by Crippen LogP contribution is 2.29. The summed E-state index contributed by atoms with van der Waals surface area (Å²) in [6.07, 6.45) is 2.67. The average Bonchev–Trinajstić information content (AvgIpc) is 2.81. The highest BCUT2D eigenvalue weighted by Gasteiger charge is 2.16. The Kier molecular flexibility index (Phi) is 3.93. The molecule has 1 aromatic carbocycles. The second-order valence-electron chi connectivity index (χ2n) is 5.07. The van der Waals surface area contributed by atoms with E-state index < -0.39 is 0 Å². The Morgan fingerprint density at radius 1 is 1.26 bits per heavy atom. The highest BCUT2D eigenvalue weighted by atomic mass is 16.5. The van der Waals surface area contributed by atoms with E-state index in [1.807, 2.05) is 62.7 Å². The molecule has 0 spiro atoms. The van der Waals surface area contributed by atoms with Gasteiger partial charge in [0.2, 0.25) is 0 Å². The van der Waals surface area contributed by atoms with Crippen LogP contribution in [0.15, 0.2) is 30.5 Å². The van der Waals surface area contributed by atoms with Crippen LogP contribution < -0.4 is 4.74 Å². The minimum atomic E-state index is -0.128. The lowest BCUT2D eigenvalue weighted by atomic mass is 10.1. The molecule has 0 N–H and O–H groups in total.